The SMILES string of the molecule is O=C(NC1CCN(c2nccs2)CC1)c1ccc(F)c(F)c1. The maximum atomic E-state index is 13.2. The molecule has 0 saturated carbocycles. The maximum absolute atomic E-state index is 13.2. The molecule has 0 atom stereocenters. The van der Waals surface area contributed by atoms with Gasteiger partial charge in [-0.25, -0.2) is 13.8 Å². The van der Waals surface area contributed by atoms with E-state index < -0.39 is 11.6 Å². The van der Waals surface area contributed by atoms with Crippen LogP contribution in [0.3, 0.4) is 0 Å². The van der Waals surface area contributed by atoms with Gasteiger partial charge in [0.2, 0.25) is 0 Å². The van der Waals surface area contributed by atoms with E-state index in [-0.39, 0.29) is 17.5 Å². The number of aromatic nitrogens is 1. The molecule has 1 aromatic carbocycles. The first-order valence-electron chi connectivity index (χ1n) is 7.04. The summed E-state index contributed by atoms with van der Waals surface area (Å²) in [7, 11) is 0. The zero-order valence-electron chi connectivity index (χ0n) is 11.8. The van der Waals surface area contributed by atoms with Gasteiger partial charge >= 0.3 is 0 Å². The van der Waals surface area contributed by atoms with Crippen LogP contribution in [0, 0.1) is 11.6 Å². The summed E-state index contributed by atoms with van der Waals surface area (Å²) >= 11 is 1.59. The highest BCUT2D eigenvalue weighted by molar-refractivity contribution is 7.13. The monoisotopic (exact) mass is 323 g/mol. The zero-order valence-corrected chi connectivity index (χ0v) is 12.6. The maximum Gasteiger partial charge on any atom is 0.251 e. The van der Waals surface area contributed by atoms with Crippen molar-refractivity contribution in [2.24, 2.45) is 0 Å². The second-order valence-corrected chi connectivity index (χ2v) is 6.05. The van der Waals surface area contributed by atoms with Crippen molar-refractivity contribution < 1.29 is 13.6 Å². The van der Waals surface area contributed by atoms with Crippen LogP contribution < -0.4 is 10.2 Å². The Balaban J connectivity index is 1.56. The Kier molecular flexibility index (Phi) is 4.33. The number of nitrogens with one attached hydrogen (secondary N) is 1. The van der Waals surface area contributed by atoms with Crippen LogP contribution in [0.5, 0.6) is 0 Å². The molecule has 0 aliphatic carbocycles. The van der Waals surface area contributed by atoms with E-state index in [1.807, 2.05) is 5.38 Å². The predicted octanol–water partition coefficient (Wildman–Crippen LogP) is 2.82. The lowest BCUT2D eigenvalue weighted by Gasteiger charge is -2.32. The number of amides is 1. The van der Waals surface area contributed by atoms with E-state index in [4.69, 9.17) is 0 Å². The summed E-state index contributed by atoms with van der Waals surface area (Å²) in [6, 6.07) is 3.22. The zero-order chi connectivity index (χ0) is 15.5. The second kappa shape index (κ2) is 6.39. The molecular weight excluding hydrogens is 308 g/mol. The first-order valence-corrected chi connectivity index (χ1v) is 7.92. The average Bonchev–Trinajstić information content (AvgIpc) is 3.05. The van der Waals surface area contributed by atoms with Gasteiger partial charge in [0.25, 0.3) is 5.91 Å². The number of nitrogens with zero attached hydrogens (tertiary/aromatic N) is 2. The highest BCUT2D eigenvalue weighted by Gasteiger charge is 2.22. The van der Waals surface area contributed by atoms with Crippen LogP contribution in [0.25, 0.3) is 0 Å². The third-order valence-corrected chi connectivity index (χ3v) is 4.53. The minimum absolute atomic E-state index is 0.0387. The van der Waals surface area contributed by atoms with Crippen molar-refractivity contribution in [3.63, 3.8) is 0 Å². The van der Waals surface area contributed by atoms with Crippen LogP contribution >= 0.6 is 11.3 Å². The number of carbonyl (C=O) groups is 1. The summed E-state index contributed by atoms with van der Waals surface area (Å²) in [6.45, 7) is 1.63. The summed E-state index contributed by atoms with van der Waals surface area (Å²) in [5, 5.41) is 5.80. The van der Waals surface area contributed by atoms with E-state index in [1.165, 1.54) is 6.07 Å². The van der Waals surface area contributed by atoms with Gasteiger partial charge in [0.05, 0.1) is 0 Å². The lowest BCUT2D eigenvalue weighted by molar-refractivity contribution is 0.0930. The standard InChI is InChI=1S/C15H15F2N3OS/c16-12-2-1-10(9-13(12)17)14(21)19-11-3-6-20(7-4-11)15-18-5-8-22-15/h1-2,5,8-9,11H,3-4,6-7H2,(H,19,21). The van der Waals surface area contributed by atoms with Crippen LogP contribution in [-0.2, 0) is 0 Å². The Hall–Kier alpha value is -2.02. The fraction of sp³-hybridized carbons (Fsp3) is 0.333. The van der Waals surface area contributed by atoms with Crippen LogP contribution in [-0.4, -0.2) is 30.0 Å². The second-order valence-electron chi connectivity index (χ2n) is 5.18. The van der Waals surface area contributed by atoms with Crippen molar-refractivity contribution in [3.05, 3.63) is 47.0 Å². The molecule has 1 amide bonds. The van der Waals surface area contributed by atoms with Crippen molar-refractivity contribution in [2.45, 2.75) is 18.9 Å². The fourth-order valence-corrected chi connectivity index (χ4v) is 3.19. The number of hydrogen-bond donors (Lipinski definition) is 1. The van der Waals surface area contributed by atoms with E-state index in [0.29, 0.717) is 0 Å². The molecule has 4 nitrogen and oxygen atoms in total. The molecule has 1 aromatic heterocycles. The number of anilines is 1. The fourth-order valence-electron chi connectivity index (χ4n) is 2.49. The third kappa shape index (κ3) is 3.24. The molecule has 7 heteroatoms. The molecule has 1 saturated heterocycles. The quantitative estimate of drug-likeness (QED) is 0.945. The molecule has 22 heavy (non-hydrogen) atoms. The van der Waals surface area contributed by atoms with Crippen molar-refractivity contribution in [1.82, 2.24) is 10.3 Å². The van der Waals surface area contributed by atoms with Crippen molar-refractivity contribution >= 4 is 22.4 Å². The van der Waals surface area contributed by atoms with Crippen molar-refractivity contribution in [1.29, 1.82) is 0 Å². The topological polar surface area (TPSA) is 45.2 Å². The number of piperidine rings is 1. The Labute approximate surface area is 130 Å². The van der Waals surface area contributed by atoms with Gasteiger partial charge in [-0.1, -0.05) is 0 Å². The van der Waals surface area contributed by atoms with Gasteiger partial charge < -0.3 is 10.2 Å². The molecule has 0 spiro atoms. The Morgan fingerprint density at radius 2 is 2.05 bits per heavy atom. The number of carbonyl (C=O) groups excluding carboxylic acids is 1. The minimum atomic E-state index is -1.01. The smallest absolute Gasteiger partial charge is 0.251 e. The number of halogens is 2. The summed E-state index contributed by atoms with van der Waals surface area (Å²) < 4.78 is 26.0. The van der Waals surface area contributed by atoms with Crippen LogP contribution in [0.2, 0.25) is 0 Å². The van der Waals surface area contributed by atoms with E-state index in [1.54, 1.807) is 17.5 Å². The first kappa shape index (κ1) is 14.9. The van der Waals surface area contributed by atoms with E-state index >= 15 is 0 Å². The molecule has 1 aliphatic rings. The van der Waals surface area contributed by atoms with E-state index in [2.05, 4.69) is 15.2 Å². The van der Waals surface area contributed by atoms with Gasteiger partial charge in [0.15, 0.2) is 16.8 Å². The van der Waals surface area contributed by atoms with Gasteiger partial charge in [-0.3, -0.25) is 4.79 Å². The number of hydrogen-bond acceptors (Lipinski definition) is 4. The first-order chi connectivity index (χ1) is 10.6. The highest BCUT2D eigenvalue weighted by Crippen LogP contribution is 2.22. The van der Waals surface area contributed by atoms with Crippen LogP contribution in [0.4, 0.5) is 13.9 Å². The summed E-state index contributed by atoms with van der Waals surface area (Å²) in [5.41, 5.74) is 0.140. The Bertz CT molecular complexity index is 655. The third-order valence-electron chi connectivity index (χ3n) is 3.70. The molecule has 116 valence electrons. The number of thiazole rings is 1. The molecule has 2 heterocycles. The van der Waals surface area contributed by atoms with Crippen molar-refractivity contribution in [3.8, 4) is 0 Å². The lowest BCUT2D eigenvalue weighted by Crippen LogP contribution is -2.44. The molecule has 1 N–H and O–H groups in total. The highest BCUT2D eigenvalue weighted by atomic mass is 32.1. The normalized spacial score (nSPS) is 15.8. The molecular formula is C15H15F2N3OS. The van der Waals surface area contributed by atoms with Crippen molar-refractivity contribution in [2.75, 3.05) is 18.0 Å². The molecule has 1 aliphatic heterocycles. The molecule has 3 rings (SSSR count). The van der Waals surface area contributed by atoms with Gasteiger partial charge in [-0.15, -0.1) is 11.3 Å². The van der Waals surface area contributed by atoms with Gasteiger partial charge in [-0.2, -0.15) is 0 Å². The molecule has 0 unspecified atom stereocenters. The van der Waals surface area contributed by atoms with Crippen LogP contribution in [0.15, 0.2) is 29.8 Å². The van der Waals surface area contributed by atoms with Gasteiger partial charge in [-0.05, 0) is 31.0 Å². The number of rotatable bonds is 3. The molecule has 2 aromatic rings. The Morgan fingerprint density at radius 1 is 1.27 bits per heavy atom. The molecule has 1 fully saturated rings. The largest absolute Gasteiger partial charge is 0.349 e. The summed E-state index contributed by atoms with van der Waals surface area (Å²) in [5.74, 6) is -2.33. The minimum Gasteiger partial charge on any atom is -0.349 e. The summed E-state index contributed by atoms with van der Waals surface area (Å²) in [4.78, 5) is 18.5. The average molecular weight is 323 g/mol. The molecule has 0 radical (unpaired) electrons. The molecule has 0 bridgehead atoms. The number of benzene rings is 1. The van der Waals surface area contributed by atoms with E-state index in [9.17, 15) is 13.6 Å². The lowest BCUT2D eigenvalue weighted by atomic mass is 10.0. The van der Waals surface area contributed by atoms with Crippen LogP contribution in [0.1, 0.15) is 23.2 Å². The Morgan fingerprint density at radius 3 is 2.68 bits per heavy atom. The summed E-state index contributed by atoms with van der Waals surface area (Å²) in [6.07, 6.45) is 3.38. The predicted molar refractivity (Wildman–Crippen MR) is 81.2 cm³/mol. The van der Waals surface area contributed by atoms with Gasteiger partial charge in [0.1, 0.15) is 0 Å². The van der Waals surface area contributed by atoms with Gasteiger partial charge in [0, 0.05) is 36.3 Å². The van der Waals surface area contributed by atoms with E-state index in [0.717, 1.165) is 43.2 Å².